The van der Waals surface area contributed by atoms with Crippen molar-refractivity contribution >= 4 is 5.91 Å². The van der Waals surface area contributed by atoms with E-state index in [1.54, 1.807) is 4.90 Å². The average molecular weight is 370 g/mol. The predicted molar refractivity (Wildman–Crippen MR) is 107 cm³/mol. The Bertz CT molecular complexity index is 772. The highest BCUT2D eigenvalue weighted by molar-refractivity contribution is 5.94. The topological polar surface area (TPSA) is 69.2 Å². The summed E-state index contributed by atoms with van der Waals surface area (Å²) in [6.45, 7) is 4.16. The Kier molecular flexibility index (Phi) is 6.00. The van der Waals surface area contributed by atoms with Crippen molar-refractivity contribution in [2.24, 2.45) is 0 Å². The van der Waals surface area contributed by atoms with Crippen LogP contribution in [0.4, 0.5) is 0 Å². The zero-order chi connectivity index (χ0) is 19.4. The molecular weight excluding hydrogens is 338 g/mol. The third-order valence-electron chi connectivity index (χ3n) is 5.35. The molecule has 0 atom stereocenters. The Morgan fingerprint density at radius 2 is 1.89 bits per heavy atom. The highest BCUT2D eigenvalue weighted by Gasteiger charge is 2.19. The van der Waals surface area contributed by atoms with Crippen molar-refractivity contribution in [2.45, 2.75) is 70.9 Å². The Morgan fingerprint density at radius 1 is 1.19 bits per heavy atom. The smallest absolute Gasteiger partial charge is 0.253 e. The molecule has 0 spiro atoms. The number of fused-ring (bicyclic) bond motifs is 1. The Balaban J connectivity index is 1.63. The van der Waals surface area contributed by atoms with Gasteiger partial charge in [0, 0.05) is 18.3 Å². The molecule has 5 nitrogen and oxygen atoms in total. The molecule has 27 heavy (non-hydrogen) atoms. The van der Waals surface area contributed by atoms with Gasteiger partial charge in [0.05, 0.1) is 17.8 Å². The molecule has 2 aromatic rings. The van der Waals surface area contributed by atoms with Crippen LogP contribution in [0.1, 0.15) is 72.4 Å². The van der Waals surface area contributed by atoms with E-state index in [0.29, 0.717) is 18.5 Å². The van der Waals surface area contributed by atoms with Crippen LogP contribution in [-0.4, -0.2) is 38.8 Å². The van der Waals surface area contributed by atoms with E-state index in [2.05, 4.69) is 10.2 Å². The largest absolute Gasteiger partial charge is 0.390 e. The van der Waals surface area contributed by atoms with Crippen LogP contribution in [0, 0.1) is 0 Å². The number of nitrogens with zero attached hydrogens (tertiary/aromatic N) is 2. The maximum absolute atomic E-state index is 12.8. The minimum atomic E-state index is -0.670. The number of carbonyl (C=O) groups excluding carboxylic acids is 1. The summed E-state index contributed by atoms with van der Waals surface area (Å²) in [7, 11) is 1.84. The third kappa shape index (κ3) is 5.19. The summed E-state index contributed by atoms with van der Waals surface area (Å²) < 4.78 is 0. The quantitative estimate of drug-likeness (QED) is 0.764. The average Bonchev–Trinajstić information content (AvgIpc) is 2.86. The zero-order valence-electron chi connectivity index (χ0n) is 16.7. The van der Waals surface area contributed by atoms with E-state index < -0.39 is 5.60 Å². The van der Waals surface area contributed by atoms with Crippen LogP contribution < -0.4 is 0 Å². The molecule has 1 aliphatic rings. The van der Waals surface area contributed by atoms with Crippen LogP contribution in [0.5, 0.6) is 0 Å². The summed E-state index contributed by atoms with van der Waals surface area (Å²) in [5.74, 6) is 0.00871. The van der Waals surface area contributed by atoms with Crippen LogP contribution in [-0.2, 0) is 25.8 Å². The van der Waals surface area contributed by atoms with Gasteiger partial charge < -0.3 is 10.0 Å². The van der Waals surface area contributed by atoms with Crippen molar-refractivity contribution < 1.29 is 9.90 Å². The summed E-state index contributed by atoms with van der Waals surface area (Å²) >= 11 is 0. The number of carbonyl (C=O) groups is 1. The van der Waals surface area contributed by atoms with Crippen molar-refractivity contribution in [2.75, 3.05) is 7.05 Å². The number of aryl methyl sites for hydroxylation is 2. The maximum atomic E-state index is 12.8. The van der Waals surface area contributed by atoms with Crippen LogP contribution >= 0.6 is 0 Å². The van der Waals surface area contributed by atoms with E-state index in [1.807, 2.05) is 45.2 Å². The Morgan fingerprint density at radius 3 is 2.59 bits per heavy atom. The van der Waals surface area contributed by atoms with Crippen LogP contribution in [0.15, 0.2) is 24.3 Å². The molecule has 0 bridgehead atoms. The number of H-pyrrole nitrogens is 1. The van der Waals surface area contributed by atoms with Gasteiger partial charge in [-0.1, -0.05) is 18.6 Å². The van der Waals surface area contributed by atoms with E-state index in [0.717, 1.165) is 30.5 Å². The van der Waals surface area contributed by atoms with Crippen molar-refractivity contribution in [3.63, 3.8) is 0 Å². The van der Waals surface area contributed by atoms with Gasteiger partial charge in [0.25, 0.3) is 5.91 Å². The first-order valence-corrected chi connectivity index (χ1v) is 9.95. The van der Waals surface area contributed by atoms with Gasteiger partial charge in [-0.25, -0.2) is 0 Å². The number of aromatic amines is 1. The lowest BCUT2D eigenvalue weighted by Crippen LogP contribution is -2.27. The minimum Gasteiger partial charge on any atom is -0.390 e. The fraction of sp³-hybridized carbons (Fsp3) is 0.545. The van der Waals surface area contributed by atoms with Crippen molar-refractivity contribution in [1.82, 2.24) is 15.1 Å². The van der Waals surface area contributed by atoms with Crippen molar-refractivity contribution in [3.8, 4) is 0 Å². The first-order valence-electron chi connectivity index (χ1n) is 9.95. The first-order chi connectivity index (χ1) is 12.8. The molecular formula is C22H31N3O2. The predicted octanol–water partition coefficient (Wildman–Crippen LogP) is 3.65. The highest BCUT2D eigenvalue weighted by atomic mass is 16.3. The first kappa shape index (κ1) is 19.6. The number of benzene rings is 1. The number of aromatic nitrogens is 2. The molecule has 1 aromatic carbocycles. The van der Waals surface area contributed by atoms with Gasteiger partial charge in [-0.15, -0.1) is 0 Å². The van der Waals surface area contributed by atoms with Crippen LogP contribution in [0.3, 0.4) is 0 Å². The molecule has 0 aliphatic heterocycles. The summed E-state index contributed by atoms with van der Waals surface area (Å²) in [6.07, 6.45) is 7.28. The molecule has 0 radical (unpaired) electrons. The minimum absolute atomic E-state index is 0.00871. The van der Waals surface area contributed by atoms with Gasteiger partial charge in [-0.05, 0) is 75.6 Å². The molecule has 0 fully saturated rings. The number of hydrogen-bond acceptors (Lipinski definition) is 3. The van der Waals surface area contributed by atoms with Crippen molar-refractivity contribution in [3.05, 3.63) is 52.3 Å². The molecule has 2 N–H and O–H groups in total. The number of rotatable bonds is 6. The lowest BCUT2D eigenvalue weighted by Gasteiger charge is -2.18. The lowest BCUT2D eigenvalue weighted by molar-refractivity contribution is 0.0712. The zero-order valence-corrected chi connectivity index (χ0v) is 16.7. The van der Waals surface area contributed by atoms with E-state index >= 15 is 0 Å². The van der Waals surface area contributed by atoms with Crippen LogP contribution in [0.25, 0.3) is 0 Å². The second kappa shape index (κ2) is 8.26. The Hall–Kier alpha value is -2.14. The molecule has 1 amide bonds. The summed E-state index contributed by atoms with van der Waals surface area (Å²) in [6, 6.07) is 7.72. The SMILES string of the molecule is CN(Cc1n[nH]c2c1CCCCC2)C(=O)c1ccc(CCC(C)(C)O)cc1. The monoisotopic (exact) mass is 369 g/mol. The van der Waals surface area contributed by atoms with Gasteiger partial charge >= 0.3 is 0 Å². The van der Waals surface area contributed by atoms with E-state index in [4.69, 9.17) is 0 Å². The molecule has 0 unspecified atom stereocenters. The summed E-state index contributed by atoms with van der Waals surface area (Å²) in [5.41, 5.74) is 4.72. The van der Waals surface area contributed by atoms with Gasteiger partial charge in [0.2, 0.25) is 0 Å². The molecule has 1 aromatic heterocycles. The molecule has 5 heteroatoms. The molecule has 0 saturated carbocycles. The molecule has 3 rings (SSSR count). The fourth-order valence-corrected chi connectivity index (χ4v) is 3.64. The van der Waals surface area contributed by atoms with Gasteiger partial charge in [-0.3, -0.25) is 9.89 Å². The number of hydrogen-bond donors (Lipinski definition) is 2. The molecule has 1 aliphatic carbocycles. The normalized spacial score (nSPS) is 14.5. The number of aliphatic hydroxyl groups is 1. The molecule has 146 valence electrons. The lowest BCUT2D eigenvalue weighted by atomic mass is 9.98. The summed E-state index contributed by atoms with van der Waals surface area (Å²) in [5, 5.41) is 17.5. The third-order valence-corrected chi connectivity index (χ3v) is 5.35. The number of nitrogens with one attached hydrogen (secondary N) is 1. The standard InChI is InChI=1S/C22H31N3O2/c1-22(2,27)14-13-16-9-11-17(12-10-16)21(26)25(3)15-20-18-7-5-4-6-8-19(18)23-24-20/h9-12,27H,4-8,13-15H2,1-3H3,(H,23,24). The summed E-state index contributed by atoms with van der Waals surface area (Å²) in [4.78, 5) is 14.5. The maximum Gasteiger partial charge on any atom is 0.253 e. The van der Waals surface area contributed by atoms with E-state index in [1.165, 1.54) is 30.5 Å². The van der Waals surface area contributed by atoms with E-state index in [-0.39, 0.29) is 5.91 Å². The molecule has 0 saturated heterocycles. The van der Waals surface area contributed by atoms with Crippen LogP contribution in [0.2, 0.25) is 0 Å². The van der Waals surface area contributed by atoms with Crippen molar-refractivity contribution in [1.29, 1.82) is 0 Å². The van der Waals surface area contributed by atoms with Gasteiger partial charge in [0.1, 0.15) is 0 Å². The molecule has 1 heterocycles. The van der Waals surface area contributed by atoms with Gasteiger partial charge in [-0.2, -0.15) is 5.10 Å². The second-order valence-electron chi connectivity index (χ2n) is 8.36. The Labute approximate surface area is 161 Å². The van der Waals surface area contributed by atoms with Gasteiger partial charge in [0.15, 0.2) is 0 Å². The van der Waals surface area contributed by atoms with E-state index in [9.17, 15) is 9.90 Å². The number of amides is 1. The fourth-order valence-electron chi connectivity index (χ4n) is 3.64. The second-order valence-corrected chi connectivity index (χ2v) is 8.36. The highest BCUT2D eigenvalue weighted by Crippen LogP contribution is 2.23.